The van der Waals surface area contributed by atoms with Crippen molar-refractivity contribution in [3.05, 3.63) is 91.6 Å². The summed E-state index contributed by atoms with van der Waals surface area (Å²) < 4.78 is 37.0. The van der Waals surface area contributed by atoms with Crippen molar-refractivity contribution >= 4 is 56.1 Å². The lowest BCUT2D eigenvalue weighted by Crippen LogP contribution is -2.13. The van der Waals surface area contributed by atoms with E-state index in [1.807, 2.05) is 12.1 Å². The zero-order chi connectivity index (χ0) is 26.3. The summed E-state index contributed by atoms with van der Waals surface area (Å²) in [6, 6.07) is 17.4. The molecule has 3 rings (SSSR count). The molecule has 0 saturated carbocycles. The van der Waals surface area contributed by atoms with Gasteiger partial charge in [-0.3, -0.25) is 14.9 Å². The molecule has 12 heteroatoms. The molecule has 36 heavy (non-hydrogen) atoms. The minimum absolute atomic E-state index is 0.0621. The maximum absolute atomic E-state index is 12.7. The largest absolute Gasteiger partial charge is 0.490 e. The van der Waals surface area contributed by atoms with Crippen molar-refractivity contribution in [1.29, 1.82) is 5.26 Å². The number of nitro benzene ring substituents is 1. The molecule has 1 N–H and O–H groups in total. The van der Waals surface area contributed by atoms with Gasteiger partial charge in [-0.1, -0.05) is 12.1 Å². The first-order valence-corrected chi connectivity index (χ1v) is 12.8. The number of carbonyl (C=O) groups excluding carboxylic acids is 1. The van der Waals surface area contributed by atoms with E-state index in [-0.39, 0.29) is 34.3 Å². The van der Waals surface area contributed by atoms with Crippen LogP contribution in [0.1, 0.15) is 12.5 Å². The molecule has 0 aromatic heterocycles. The second-order valence-corrected chi connectivity index (χ2v) is 9.85. The SMILES string of the molecule is CCOc1cc(/C=C(\C#N)C(=O)Nc2cccc(I)c2)ccc1OS(=O)(=O)c1ccc([N+](=O)[O-])cc1. The molecule has 0 radical (unpaired) electrons. The molecule has 3 aromatic carbocycles. The highest BCUT2D eigenvalue weighted by Gasteiger charge is 2.21. The quantitative estimate of drug-likeness (QED) is 0.0887. The van der Waals surface area contributed by atoms with Crippen molar-refractivity contribution in [1.82, 2.24) is 0 Å². The van der Waals surface area contributed by atoms with Crippen LogP contribution in [0.2, 0.25) is 0 Å². The minimum Gasteiger partial charge on any atom is -0.490 e. The first kappa shape index (κ1) is 26.6. The average Bonchev–Trinajstić information content (AvgIpc) is 2.84. The average molecular weight is 619 g/mol. The standard InChI is InChI=1S/C24H18IN3O7S/c1-2-34-23-13-16(12-17(15-26)24(29)27-19-5-3-4-18(25)14-19)6-11-22(23)35-36(32,33)21-9-7-20(8-10-21)28(30)31/h3-14H,2H2,1H3,(H,27,29)/b17-12+. The summed E-state index contributed by atoms with van der Waals surface area (Å²) in [5.41, 5.74) is 0.485. The Balaban J connectivity index is 1.87. The number of hydrogen-bond acceptors (Lipinski definition) is 8. The Bertz CT molecular complexity index is 1480. The topological polar surface area (TPSA) is 149 Å². The summed E-state index contributed by atoms with van der Waals surface area (Å²) in [7, 11) is -4.32. The van der Waals surface area contributed by atoms with Gasteiger partial charge >= 0.3 is 10.1 Å². The van der Waals surface area contributed by atoms with Crippen LogP contribution in [0.25, 0.3) is 6.08 Å². The Morgan fingerprint density at radius 3 is 2.47 bits per heavy atom. The number of nitro groups is 1. The number of hydrogen-bond donors (Lipinski definition) is 1. The molecule has 0 aliphatic carbocycles. The summed E-state index contributed by atoms with van der Waals surface area (Å²) in [5.74, 6) is -0.681. The molecule has 0 spiro atoms. The number of ether oxygens (including phenoxy) is 1. The van der Waals surface area contributed by atoms with Gasteiger partial charge in [-0.05, 0) is 83.6 Å². The zero-order valence-corrected chi connectivity index (χ0v) is 21.6. The maximum Gasteiger partial charge on any atom is 0.339 e. The second-order valence-electron chi connectivity index (χ2n) is 7.06. The number of anilines is 1. The van der Waals surface area contributed by atoms with E-state index in [9.17, 15) is 28.6 Å². The molecule has 0 atom stereocenters. The van der Waals surface area contributed by atoms with E-state index in [1.165, 1.54) is 24.3 Å². The van der Waals surface area contributed by atoms with Gasteiger partial charge in [0.05, 0.1) is 11.5 Å². The summed E-state index contributed by atoms with van der Waals surface area (Å²) in [5, 5.41) is 23.0. The molecule has 1 amide bonds. The van der Waals surface area contributed by atoms with Crippen LogP contribution < -0.4 is 14.2 Å². The molecule has 0 heterocycles. The van der Waals surface area contributed by atoms with Crippen molar-refractivity contribution in [2.24, 2.45) is 0 Å². The Kier molecular flexibility index (Phi) is 8.62. The van der Waals surface area contributed by atoms with Crippen molar-refractivity contribution < 1.29 is 27.1 Å². The Morgan fingerprint density at radius 1 is 1.14 bits per heavy atom. The van der Waals surface area contributed by atoms with Gasteiger partial charge in [0.15, 0.2) is 11.5 Å². The van der Waals surface area contributed by atoms with E-state index in [4.69, 9.17) is 8.92 Å². The molecule has 10 nitrogen and oxygen atoms in total. The minimum atomic E-state index is -4.32. The highest BCUT2D eigenvalue weighted by molar-refractivity contribution is 14.1. The van der Waals surface area contributed by atoms with Gasteiger partial charge in [-0.15, -0.1) is 0 Å². The monoisotopic (exact) mass is 619 g/mol. The van der Waals surface area contributed by atoms with Crippen LogP contribution in [-0.2, 0) is 14.9 Å². The molecule has 184 valence electrons. The number of nitrogens with one attached hydrogen (secondary N) is 1. The normalized spacial score (nSPS) is 11.3. The van der Waals surface area contributed by atoms with Crippen LogP contribution >= 0.6 is 22.6 Å². The lowest BCUT2D eigenvalue weighted by atomic mass is 10.1. The molecule has 3 aromatic rings. The predicted molar refractivity (Wildman–Crippen MR) is 140 cm³/mol. The van der Waals surface area contributed by atoms with Crippen LogP contribution in [-0.4, -0.2) is 25.9 Å². The highest BCUT2D eigenvalue weighted by atomic mass is 127. The van der Waals surface area contributed by atoms with E-state index in [2.05, 4.69) is 27.9 Å². The Morgan fingerprint density at radius 2 is 1.86 bits per heavy atom. The van der Waals surface area contributed by atoms with Gasteiger partial charge < -0.3 is 14.2 Å². The molecule has 0 unspecified atom stereocenters. The molecule has 0 aliphatic heterocycles. The third-order valence-corrected chi connectivity index (χ3v) is 6.48. The van der Waals surface area contributed by atoms with Crippen LogP contribution in [0.15, 0.2) is 77.2 Å². The maximum atomic E-state index is 12.7. The number of non-ortho nitro benzene ring substituents is 1. The summed E-state index contributed by atoms with van der Waals surface area (Å²) in [6.07, 6.45) is 1.33. The number of halogens is 1. The third kappa shape index (κ3) is 6.80. The summed E-state index contributed by atoms with van der Waals surface area (Å²) in [6.45, 7) is 1.87. The lowest BCUT2D eigenvalue weighted by molar-refractivity contribution is -0.384. The second kappa shape index (κ2) is 11.6. The first-order chi connectivity index (χ1) is 17.1. The van der Waals surface area contributed by atoms with E-state index < -0.39 is 20.9 Å². The third-order valence-electron chi connectivity index (χ3n) is 4.56. The molecule has 0 aliphatic rings. The predicted octanol–water partition coefficient (Wildman–Crippen LogP) is 4.91. The fourth-order valence-corrected chi connectivity index (χ4v) is 4.42. The van der Waals surface area contributed by atoms with Crippen LogP contribution in [0.4, 0.5) is 11.4 Å². The number of amides is 1. The highest BCUT2D eigenvalue weighted by Crippen LogP contribution is 2.32. The van der Waals surface area contributed by atoms with Gasteiger partial charge in [0, 0.05) is 21.4 Å². The van der Waals surface area contributed by atoms with Crippen molar-refractivity contribution in [2.45, 2.75) is 11.8 Å². The van der Waals surface area contributed by atoms with E-state index in [0.29, 0.717) is 11.3 Å². The summed E-state index contributed by atoms with van der Waals surface area (Å²) >= 11 is 2.10. The fraction of sp³-hybridized carbons (Fsp3) is 0.0833. The molecule has 0 saturated heterocycles. The van der Waals surface area contributed by atoms with E-state index >= 15 is 0 Å². The van der Waals surface area contributed by atoms with Gasteiger partial charge in [-0.25, -0.2) is 0 Å². The molecular formula is C24H18IN3O7S. The number of nitriles is 1. The van der Waals surface area contributed by atoms with Crippen LogP contribution in [0.3, 0.4) is 0 Å². The number of carbonyl (C=O) groups is 1. The number of nitrogens with zero attached hydrogens (tertiary/aromatic N) is 2. The van der Waals surface area contributed by atoms with Crippen molar-refractivity contribution in [2.75, 3.05) is 11.9 Å². The van der Waals surface area contributed by atoms with Crippen LogP contribution in [0, 0.1) is 25.0 Å². The molecule has 0 fully saturated rings. The lowest BCUT2D eigenvalue weighted by Gasteiger charge is -2.13. The zero-order valence-electron chi connectivity index (χ0n) is 18.7. The van der Waals surface area contributed by atoms with Gasteiger partial charge in [0.1, 0.15) is 16.5 Å². The summed E-state index contributed by atoms with van der Waals surface area (Å²) in [4.78, 5) is 22.4. The number of benzene rings is 3. The smallest absolute Gasteiger partial charge is 0.339 e. The Hall–Kier alpha value is -3.96. The fourth-order valence-electron chi connectivity index (χ4n) is 2.93. The van der Waals surface area contributed by atoms with Gasteiger partial charge in [0.25, 0.3) is 11.6 Å². The van der Waals surface area contributed by atoms with E-state index in [0.717, 1.165) is 27.8 Å². The van der Waals surface area contributed by atoms with E-state index in [1.54, 1.807) is 25.1 Å². The van der Waals surface area contributed by atoms with Gasteiger partial charge in [0.2, 0.25) is 0 Å². The van der Waals surface area contributed by atoms with Crippen molar-refractivity contribution in [3.8, 4) is 17.6 Å². The first-order valence-electron chi connectivity index (χ1n) is 10.3. The molecular weight excluding hydrogens is 601 g/mol. The number of rotatable bonds is 9. The van der Waals surface area contributed by atoms with Gasteiger partial charge in [-0.2, -0.15) is 13.7 Å². The Labute approximate surface area is 220 Å². The van der Waals surface area contributed by atoms with Crippen LogP contribution in [0.5, 0.6) is 11.5 Å². The molecule has 0 bridgehead atoms. The van der Waals surface area contributed by atoms with Crippen molar-refractivity contribution in [3.63, 3.8) is 0 Å².